The standard InChI is InChI=1S/C17H14BrN3O2S/c18-12-5-3-11(4-6-12)10-21-13(7-8-15(21)22)17-19-16(20-23-17)14-2-1-9-24-14/h1-6,9,13H,7-8,10H2. The van der Waals surface area contributed by atoms with Crippen LogP contribution in [0.25, 0.3) is 10.7 Å². The van der Waals surface area contributed by atoms with Gasteiger partial charge in [-0.1, -0.05) is 39.3 Å². The zero-order valence-corrected chi connectivity index (χ0v) is 15.1. The Labute approximate surface area is 151 Å². The summed E-state index contributed by atoms with van der Waals surface area (Å²) in [6.45, 7) is 0.549. The van der Waals surface area contributed by atoms with E-state index >= 15 is 0 Å². The molecule has 3 heterocycles. The minimum Gasteiger partial charge on any atom is -0.337 e. The predicted molar refractivity (Wildman–Crippen MR) is 94.3 cm³/mol. The van der Waals surface area contributed by atoms with Crippen molar-refractivity contribution < 1.29 is 9.32 Å². The van der Waals surface area contributed by atoms with Gasteiger partial charge in [-0.2, -0.15) is 4.98 Å². The number of carbonyl (C=O) groups excluding carboxylic acids is 1. The van der Waals surface area contributed by atoms with Gasteiger partial charge in [0, 0.05) is 17.4 Å². The van der Waals surface area contributed by atoms with Crippen LogP contribution in [0.3, 0.4) is 0 Å². The molecule has 0 saturated carbocycles. The van der Waals surface area contributed by atoms with E-state index in [0.717, 1.165) is 14.9 Å². The van der Waals surface area contributed by atoms with Gasteiger partial charge < -0.3 is 9.42 Å². The van der Waals surface area contributed by atoms with Gasteiger partial charge in [0.25, 0.3) is 0 Å². The van der Waals surface area contributed by atoms with Gasteiger partial charge >= 0.3 is 0 Å². The average molecular weight is 404 g/mol. The van der Waals surface area contributed by atoms with E-state index in [1.54, 1.807) is 11.3 Å². The maximum absolute atomic E-state index is 12.3. The molecule has 1 aliphatic rings. The third kappa shape index (κ3) is 3.01. The fraction of sp³-hybridized carbons (Fsp3) is 0.235. The molecule has 24 heavy (non-hydrogen) atoms. The molecule has 122 valence electrons. The second kappa shape index (κ2) is 6.49. The molecule has 1 unspecified atom stereocenters. The SMILES string of the molecule is O=C1CCC(c2nc(-c3cccs3)no2)N1Cc1ccc(Br)cc1. The number of carbonyl (C=O) groups is 1. The second-order valence-electron chi connectivity index (χ2n) is 5.64. The number of likely N-dealkylation sites (tertiary alicyclic amines) is 1. The first-order valence-electron chi connectivity index (χ1n) is 7.62. The number of aromatic nitrogens is 2. The van der Waals surface area contributed by atoms with Crippen LogP contribution in [0.5, 0.6) is 0 Å². The maximum atomic E-state index is 12.3. The van der Waals surface area contributed by atoms with E-state index < -0.39 is 0 Å². The lowest BCUT2D eigenvalue weighted by Crippen LogP contribution is -2.27. The summed E-state index contributed by atoms with van der Waals surface area (Å²) < 4.78 is 6.47. The first-order valence-corrected chi connectivity index (χ1v) is 9.29. The summed E-state index contributed by atoms with van der Waals surface area (Å²) in [6, 6.07) is 11.7. The van der Waals surface area contributed by atoms with Crippen LogP contribution in [0.4, 0.5) is 0 Å². The molecule has 1 saturated heterocycles. The van der Waals surface area contributed by atoms with Crippen LogP contribution in [0.2, 0.25) is 0 Å². The normalized spacial score (nSPS) is 17.6. The lowest BCUT2D eigenvalue weighted by atomic mass is 10.2. The topological polar surface area (TPSA) is 59.2 Å². The Morgan fingerprint density at radius 2 is 2.12 bits per heavy atom. The van der Waals surface area contributed by atoms with E-state index in [9.17, 15) is 4.79 Å². The number of amides is 1. The van der Waals surface area contributed by atoms with Crippen LogP contribution in [0, 0.1) is 0 Å². The summed E-state index contributed by atoms with van der Waals surface area (Å²) in [5.41, 5.74) is 1.08. The molecule has 0 N–H and O–H groups in total. The minimum absolute atomic E-state index is 0.124. The number of benzene rings is 1. The van der Waals surface area contributed by atoms with Crippen molar-refractivity contribution in [3.05, 3.63) is 57.7 Å². The fourth-order valence-corrected chi connectivity index (χ4v) is 3.77. The Kier molecular flexibility index (Phi) is 4.20. The van der Waals surface area contributed by atoms with E-state index in [0.29, 0.717) is 31.1 Å². The molecule has 7 heteroatoms. The molecule has 5 nitrogen and oxygen atoms in total. The molecule has 0 spiro atoms. The Balaban J connectivity index is 1.57. The largest absolute Gasteiger partial charge is 0.337 e. The van der Waals surface area contributed by atoms with Crippen LogP contribution in [-0.4, -0.2) is 20.9 Å². The lowest BCUT2D eigenvalue weighted by Gasteiger charge is -2.22. The maximum Gasteiger partial charge on any atom is 0.249 e. The molecule has 4 rings (SSSR count). The molecule has 1 fully saturated rings. The molecular weight excluding hydrogens is 390 g/mol. The van der Waals surface area contributed by atoms with Crippen LogP contribution in [0.1, 0.15) is 30.3 Å². The van der Waals surface area contributed by atoms with Crippen molar-refractivity contribution in [2.75, 3.05) is 0 Å². The van der Waals surface area contributed by atoms with E-state index in [-0.39, 0.29) is 11.9 Å². The highest BCUT2D eigenvalue weighted by molar-refractivity contribution is 9.10. The summed E-state index contributed by atoms with van der Waals surface area (Å²) in [5, 5.41) is 6.04. The number of hydrogen-bond donors (Lipinski definition) is 0. The van der Waals surface area contributed by atoms with E-state index in [1.807, 2.05) is 46.7 Å². The third-order valence-electron chi connectivity index (χ3n) is 4.06. The highest BCUT2D eigenvalue weighted by Gasteiger charge is 2.36. The van der Waals surface area contributed by atoms with Gasteiger partial charge in [0.2, 0.25) is 17.6 Å². The van der Waals surface area contributed by atoms with Gasteiger partial charge in [-0.25, -0.2) is 0 Å². The predicted octanol–water partition coefficient (Wildman–Crippen LogP) is 4.42. The minimum atomic E-state index is -0.151. The summed E-state index contributed by atoms with van der Waals surface area (Å²) in [7, 11) is 0. The van der Waals surface area contributed by atoms with E-state index in [2.05, 4.69) is 26.1 Å². The van der Waals surface area contributed by atoms with Crippen molar-refractivity contribution >= 4 is 33.2 Å². The van der Waals surface area contributed by atoms with Crippen LogP contribution >= 0.6 is 27.3 Å². The molecular formula is C17H14BrN3O2S. The number of halogens is 1. The second-order valence-corrected chi connectivity index (χ2v) is 7.50. The Hall–Kier alpha value is -1.99. The van der Waals surface area contributed by atoms with Crippen molar-refractivity contribution in [1.82, 2.24) is 15.0 Å². The number of nitrogens with zero attached hydrogens (tertiary/aromatic N) is 3. The van der Waals surface area contributed by atoms with Gasteiger partial charge in [-0.3, -0.25) is 4.79 Å². The first kappa shape index (κ1) is 15.5. The molecule has 2 aromatic heterocycles. The van der Waals surface area contributed by atoms with Gasteiger partial charge in [0.1, 0.15) is 6.04 Å². The Morgan fingerprint density at radius 3 is 2.88 bits per heavy atom. The highest BCUT2D eigenvalue weighted by atomic mass is 79.9. The van der Waals surface area contributed by atoms with E-state index in [1.165, 1.54) is 0 Å². The number of hydrogen-bond acceptors (Lipinski definition) is 5. The Bertz CT molecular complexity index is 845. The molecule has 0 bridgehead atoms. The average Bonchev–Trinajstić information content (AvgIpc) is 3.31. The molecule has 1 aliphatic heterocycles. The van der Waals surface area contributed by atoms with Crippen molar-refractivity contribution in [2.45, 2.75) is 25.4 Å². The van der Waals surface area contributed by atoms with Crippen molar-refractivity contribution in [1.29, 1.82) is 0 Å². The van der Waals surface area contributed by atoms with Gasteiger partial charge in [0.15, 0.2) is 0 Å². The summed E-state index contributed by atoms with van der Waals surface area (Å²) >= 11 is 4.99. The lowest BCUT2D eigenvalue weighted by molar-refractivity contribution is -0.129. The van der Waals surface area contributed by atoms with E-state index in [4.69, 9.17) is 4.52 Å². The van der Waals surface area contributed by atoms with Gasteiger partial charge in [0.05, 0.1) is 4.88 Å². The fourth-order valence-electron chi connectivity index (χ4n) is 2.85. The number of rotatable bonds is 4. The Morgan fingerprint density at radius 1 is 1.29 bits per heavy atom. The monoisotopic (exact) mass is 403 g/mol. The zero-order valence-electron chi connectivity index (χ0n) is 12.7. The first-order chi connectivity index (χ1) is 11.7. The van der Waals surface area contributed by atoms with Gasteiger partial charge in [-0.15, -0.1) is 11.3 Å². The molecule has 1 aromatic carbocycles. The third-order valence-corrected chi connectivity index (χ3v) is 5.46. The van der Waals surface area contributed by atoms with Crippen LogP contribution < -0.4 is 0 Å². The number of thiophene rings is 1. The van der Waals surface area contributed by atoms with Crippen molar-refractivity contribution in [2.24, 2.45) is 0 Å². The van der Waals surface area contributed by atoms with Gasteiger partial charge in [-0.05, 0) is 35.6 Å². The summed E-state index contributed by atoms with van der Waals surface area (Å²) in [6.07, 6.45) is 1.22. The zero-order chi connectivity index (χ0) is 16.5. The van der Waals surface area contributed by atoms with Crippen LogP contribution in [-0.2, 0) is 11.3 Å². The van der Waals surface area contributed by atoms with Crippen LogP contribution in [0.15, 0.2) is 50.8 Å². The summed E-state index contributed by atoms with van der Waals surface area (Å²) in [5.74, 6) is 1.23. The highest BCUT2D eigenvalue weighted by Crippen LogP contribution is 2.34. The molecule has 1 atom stereocenters. The quantitative estimate of drug-likeness (QED) is 0.646. The summed E-state index contributed by atoms with van der Waals surface area (Å²) in [4.78, 5) is 19.6. The van der Waals surface area contributed by atoms with Crippen molar-refractivity contribution in [3.8, 4) is 10.7 Å². The molecule has 0 aliphatic carbocycles. The molecule has 0 radical (unpaired) electrons. The molecule has 3 aromatic rings. The smallest absolute Gasteiger partial charge is 0.249 e. The van der Waals surface area contributed by atoms with Crippen molar-refractivity contribution in [3.63, 3.8) is 0 Å². The molecule has 1 amide bonds.